The molecule has 2 aromatic rings. The van der Waals surface area contributed by atoms with Crippen LogP contribution in [0.2, 0.25) is 0 Å². The summed E-state index contributed by atoms with van der Waals surface area (Å²) in [5, 5.41) is 43.0. The number of phenols is 1. The first-order valence-corrected chi connectivity index (χ1v) is 11.3. The van der Waals surface area contributed by atoms with E-state index in [1.807, 2.05) is 18.2 Å². The maximum atomic E-state index is 10.4. The van der Waals surface area contributed by atoms with Crippen LogP contribution in [0.5, 0.6) is 5.75 Å². The van der Waals surface area contributed by atoms with E-state index in [2.05, 4.69) is 69.9 Å². The summed E-state index contributed by atoms with van der Waals surface area (Å²) >= 11 is 0. The summed E-state index contributed by atoms with van der Waals surface area (Å²) < 4.78 is 0. The van der Waals surface area contributed by atoms with Crippen LogP contribution >= 0.6 is 0 Å². The molecule has 34 heavy (non-hydrogen) atoms. The first-order chi connectivity index (χ1) is 15.9. The molecule has 0 saturated carbocycles. The van der Waals surface area contributed by atoms with Crippen molar-refractivity contribution in [2.24, 2.45) is 0 Å². The van der Waals surface area contributed by atoms with Gasteiger partial charge in [0.25, 0.3) is 0 Å². The molecule has 0 heterocycles. The van der Waals surface area contributed by atoms with Crippen molar-refractivity contribution in [3.05, 3.63) is 65.2 Å². The van der Waals surface area contributed by atoms with E-state index in [1.54, 1.807) is 0 Å². The molecule has 0 radical (unpaired) electrons. The van der Waals surface area contributed by atoms with Crippen molar-refractivity contribution in [2.45, 2.75) is 71.2 Å². The summed E-state index contributed by atoms with van der Waals surface area (Å²) in [6.07, 6.45) is -3.54. The van der Waals surface area contributed by atoms with Crippen molar-refractivity contribution >= 4 is 11.9 Å². The minimum Gasteiger partial charge on any atom is -0.508 e. The highest BCUT2D eigenvalue weighted by Crippen LogP contribution is 2.35. The summed E-state index contributed by atoms with van der Waals surface area (Å²) in [5.41, 5.74) is 3.49. The predicted octanol–water partition coefficient (Wildman–Crippen LogP) is 3.22. The van der Waals surface area contributed by atoms with Crippen molar-refractivity contribution in [1.29, 1.82) is 0 Å². The number of aliphatic hydroxyl groups is 2. The topological polar surface area (TPSA) is 139 Å². The summed E-state index contributed by atoms with van der Waals surface area (Å²) in [4.78, 5) is 22.1. The van der Waals surface area contributed by atoms with Crippen LogP contribution in [0.3, 0.4) is 0 Å². The van der Waals surface area contributed by atoms with Crippen molar-refractivity contribution in [1.82, 2.24) is 4.90 Å². The number of carbonyl (C=O) groups is 2. The van der Waals surface area contributed by atoms with Gasteiger partial charge in [0.15, 0.2) is 12.2 Å². The second kappa shape index (κ2) is 13.7. The number of nitrogens with zero attached hydrogens (tertiary/aromatic N) is 1. The number of benzene rings is 2. The number of hydrogen-bond acceptors (Lipinski definition) is 6. The molecule has 0 aliphatic heterocycles. The van der Waals surface area contributed by atoms with Gasteiger partial charge in [0.05, 0.1) is 0 Å². The number of hydrogen-bond donors (Lipinski definition) is 5. The Hall–Kier alpha value is -2.94. The van der Waals surface area contributed by atoms with Gasteiger partial charge in [0.1, 0.15) is 5.75 Å². The normalized spacial score (nSPS) is 13.8. The van der Waals surface area contributed by atoms with Gasteiger partial charge in [-0.2, -0.15) is 0 Å². The first-order valence-electron chi connectivity index (χ1n) is 11.3. The lowest BCUT2D eigenvalue weighted by molar-refractivity contribution is -0.165. The lowest BCUT2D eigenvalue weighted by Gasteiger charge is -2.32. The minimum absolute atomic E-state index is 0.214. The largest absolute Gasteiger partial charge is 0.508 e. The molecule has 188 valence electrons. The van der Waals surface area contributed by atoms with Crippen LogP contribution < -0.4 is 0 Å². The average Bonchev–Trinajstić information content (AvgIpc) is 2.78. The van der Waals surface area contributed by atoms with Crippen molar-refractivity contribution < 1.29 is 35.1 Å². The average molecular weight is 476 g/mol. The molecule has 0 amide bonds. The number of rotatable bonds is 10. The van der Waals surface area contributed by atoms with E-state index in [0.717, 1.165) is 18.5 Å². The molecule has 2 aromatic carbocycles. The highest BCUT2D eigenvalue weighted by atomic mass is 16.4. The maximum absolute atomic E-state index is 10.4. The van der Waals surface area contributed by atoms with E-state index in [1.165, 1.54) is 11.1 Å². The van der Waals surface area contributed by atoms with Gasteiger partial charge >= 0.3 is 11.9 Å². The van der Waals surface area contributed by atoms with Crippen LogP contribution in [0.1, 0.15) is 56.7 Å². The second-order valence-corrected chi connectivity index (χ2v) is 8.81. The Kier molecular flexibility index (Phi) is 11.7. The molecule has 2 rings (SSSR count). The molecule has 0 saturated heterocycles. The van der Waals surface area contributed by atoms with Gasteiger partial charge < -0.3 is 25.5 Å². The Balaban J connectivity index is 0.000000489. The molecular formula is C26H37NO7. The Morgan fingerprint density at radius 2 is 1.35 bits per heavy atom. The standard InChI is InChI=1S/C22H31NO.C4H6O6/c1-16(2)23(17(3)4)14-13-20(19-9-7-6-8-10-19)21-15-18(5)11-12-22(21)24;5-1(3(7)8)2(6)4(9)10/h6-12,15-17,20,24H,13-14H2,1-5H3;1-2,5-6H,(H,7,8)(H,9,10)/t20-;1-,2?/m11/s1. The van der Waals surface area contributed by atoms with E-state index in [0.29, 0.717) is 17.8 Å². The molecule has 1 unspecified atom stereocenters. The monoisotopic (exact) mass is 475 g/mol. The molecule has 5 N–H and O–H groups in total. The lowest BCUT2D eigenvalue weighted by Crippen LogP contribution is -2.39. The Bertz CT molecular complexity index is 889. The second-order valence-electron chi connectivity index (χ2n) is 8.81. The van der Waals surface area contributed by atoms with Crippen molar-refractivity contribution in [3.63, 3.8) is 0 Å². The molecule has 0 aliphatic carbocycles. The van der Waals surface area contributed by atoms with Gasteiger partial charge in [0, 0.05) is 23.6 Å². The molecule has 3 atom stereocenters. The van der Waals surface area contributed by atoms with Crippen LogP contribution in [0.4, 0.5) is 0 Å². The number of phenolic OH excluding ortho intramolecular Hbond substituents is 1. The number of aliphatic hydroxyl groups excluding tert-OH is 2. The Morgan fingerprint density at radius 3 is 1.79 bits per heavy atom. The third-order valence-corrected chi connectivity index (χ3v) is 5.57. The summed E-state index contributed by atoms with van der Waals surface area (Å²) in [5.74, 6) is -2.93. The van der Waals surface area contributed by atoms with Gasteiger partial charge in [-0.3, -0.25) is 4.90 Å². The molecule has 0 aliphatic rings. The Morgan fingerprint density at radius 1 is 0.853 bits per heavy atom. The number of carboxylic acid groups (broad SMARTS) is 2. The molecule has 0 aromatic heterocycles. The highest BCUT2D eigenvalue weighted by Gasteiger charge is 2.29. The molecule has 0 bridgehead atoms. The van der Waals surface area contributed by atoms with Gasteiger partial charge in [-0.05, 0) is 59.2 Å². The fraction of sp³-hybridized carbons (Fsp3) is 0.462. The van der Waals surface area contributed by atoms with Crippen molar-refractivity contribution in [2.75, 3.05) is 6.54 Å². The lowest BCUT2D eigenvalue weighted by atomic mass is 9.87. The van der Waals surface area contributed by atoms with Crippen LogP contribution in [0.25, 0.3) is 0 Å². The van der Waals surface area contributed by atoms with Gasteiger partial charge in [0.2, 0.25) is 0 Å². The fourth-order valence-corrected chi connectivity index (χ4v) is 3.80. The molecule has 8 nitrogen and oxygen atoms in total. The Labute approximate surface area is 201 Å². The zero-order valence-electron chi connectivity index (χ0n) is 20.4. The molecule has 0 spiro atoms. The van der Waals surface area contributed by atoms with Gasteiger partial charge in [-0.25, -0.2) is 9.59 Å². The van der Waals surface area contributed by atoms with Gasteiger partial charge in [-0.15, -0.1) is 0 Å². The van der Waals surface area contributed by atoms with E-state index >= 15 is 0 Å². The zero-order chi connectivity index (χ0) is 26.0. The molecule has 8 heteroatoms. The van der Waals surface area contributed by atoms with Crippen molar-refractivity contribution in [3.8, 4) is 5.75 Å². The maximum Gasteiger partial charge on any atom is 0.335 e. The number of aromatic hydroxyl groups is 1. The minimum atomic E-state index is -2.27. The van der Waals surface area contributed by atoms with E-state index < -0.39 is 24.1 Å². The number of aryl methyl sites for hydroxylation is 1. The van der Waals surface area contributed by atoms with Crippen LogP contribution in [-0.2, 0) is 9.59 Å². The van der Waals surface area contributed by atoms with Crippen LogP contribution in [0.15, 0.2) is 48.5 Å². The van der Waals surface area contributed by atoms with E-state index in [4.69, 9.17) is 20.4 Å². The predicted molar refractivity (Wildman–Crippen MR) is 130 cm³/mol. The van der Waals surface area contributed by atoms with Gasteiger partial charge in [-0.1, -0.05) is 48.0 Å². The van der Waals surface area contributed by atoms with E-state index in [-0.39, 0.29) is 5.92 Å². The SMILES string of the molecule is Cc1ccc(O)c([C@H](CCN(C(C)C)C(C)C)c2ccccc2)c1.O=C(O)C(O)[C@@H](O)C(=O)O. The first kappa shape index (κ1) is 29.1. The molecule has 0 fully saturated rings. The van der Waals surface area contributed by atoms with Crippen LogP contribution in [0, 0.1) is 6.92 Å². The third kappa shape index (κ3) is 8.78. The summed E-state index contributed by atoms with van der Waals surface area (Å²) in [6.45, 7) is 12.1. The smallest absolute Gasteiger partial charge is 0.335 e. The summed E-state index contributed by atoms with van der Waals surface area (Å²) in [6, 6.07) is 17.5. The summed E-state index contributed by atoms with van der Waals surface area (Å²) in [7, 11) is 0. The third-order valence-electron chi connectivity index (χ3n) is 5.57. The fourth-order valence-electron chi connectivity index (χ4n) is 3.80. The number of aliphatic carboxylic acids is 2. The van der Waals surface area contributed by atoms with Crippen LogP contribution in [-0.4, -0.2) is 73.2 Å². The van der Waals surface area contributed by atoms with E-state index in [9.17, 15) is 14.7 Å². The zero-order valence-corrected chi connectivity index (χ0v) is 20.4. The highest BCUT2D eigenvalue weighted by molar-refractivity contribution is 5.83. The quantitative estimate of drug-likeness (QED) is 0.353. The molecular weight excluding hydrogens is 438 g/mol. The number of carboxylic acids is 2.